The number of carbonyl (C=O) groups excluding carboxylic acids is 1. The Bertz CT molecular complexity index is 1020. The average Bonchev–Trinajstić information content (AvgIpc) is 3.16. The van der Waals surface area contributed by atoms with Gasteiger partial charge in [-0.25, -0.2) is 13.8 Å². The summed E-state index contributed by atoms with van der Waals surface area (Å²) >= 11 is 1.08. The van der Waals surface area contributed by atoms with E-state index in [-0.39, 0.29) is 27.7 Å². The molecule has 3 rings (SSSR count). The zero-order chi connectivity index (χ0) is 20.3. The van der Waals surface area contributed by atoms with Crippen LogP contribution < -0.4 is 19.5 Å². The number of methoxy groups -OCH3 is 3. The molecule has 0 fully saturated rings. The van der Waals surface area contributed by atoms with E-state index >= 15 is 0 Å². The summed E-state index contributed by atoms with van der Waals surface area (Å²) in [6, 6.07) is 6.11. The second-order valence-electron chi connectivity index (χ2n) is 5.52. The maximum absolute atomic E-state index is 13.9. The Balaban J connectivity index is 1.88. The highest BCUT2D eigenvalue weighted by Gasteiger charge is 2.19. The van der Waals surface area contributed by atoms with E-state index in [0.29, 0.717) is 11.5 Å². The number of ether oxygens (including phenoxy) is 3. The van der Waals surface area contributed by atoms with Crippen molar-refractivity contribution in [2.75, 3.05) is 26.6 Å². The highest BCUT2D eigenvalue weighted by Crippen LogP contribution is 2.35. The Hall–Kier alpha value is -3.20. The normalized spacial score (nSPS) is 10.5. The van der Waals surface area contributed by atoms with E-state index in [1.165, 1.54) is 38.8 Å². The van der Waals surface area contributed by atoms with Gasteiger partial charge in [0.25, 0.3) is 5.91 Å². The molecule has 1 N–H and O–H groups in total. The van der Waals surface area contributed by atoms with E-state index in [9.17, 15) is 13.6 Å². The van der Waals surface area contributed by atoms with Gasteiger partial charge in [-0.3, -0.25) is 10.1 Å². The van der Waals surface area contributed by atoms with Gasteiger partial charge < -0.3 is 14.2 Å². The summed E-state index contributed by atoms with van der Waals surface area (Å²) in [6.07, 6.45) is 0. The molecule has 1 aromatic heterocycles. The first kappa shape index (κ1) is 19.6. The summed E-state index contributed by atoms with van der Waals surface area (Å²) in [6.45, 7) is 0. The fourth-order valence-corrected chi connectivity index (χ4v) is 3.23. The van der Waals surface area contributed by atoms with Gasteiger partial charge in [0.2, 0.25) is 0 Å². The molecule has 0 atom stereocenters. The number of carbonyl (C=O) groups is 1. The molecule has 28 heavy (non-hydrogen) atoms. The third-order valence-electron chi connectivity index (χ3n) is 3.88. The van der Waals surface area contributed by atoms with E-state index in [4.69, 9.17) is 14.2 Å². The number of hydrogen-bond donors (Lipinski definition) is 1. The third-order valence-corrected chi connectivity index (χ3v) is 4.64. The van der Waals surface area contributed by atoms with E-state index in [0.717, 1.165) is 29.5 Å². The zero-order valence-corrected chi connectivity index (χ0v) is 16.0. The van der Waals surface area contributed by atoms with E-state index in [1.54, 1.807) is 0 Å². The quantitative estimate of drug-likeness (QED) is 0.659. The smallest absolute Gasteiger partial charge is 0.261 e. The van der Waals surface area contributed by atoms with Crippen LogP contribution in [0.2, 0.25) is 0 Å². The molecular formula is C19H16F2N2O4S. The Morgan fingerprint density at radius 3 is 2.36 bits per heavy atom. The van der Waals surface area contributed by atoms with Gasteiger partial charge in [0.1, 0.15) is 17.4 Å². The van der Waals surface area contributed by atoms with Crippen molar-refractivity contribution in [2.24, 2.45) is 0 Å². The monoisotopic (exact) mass is 406 g/mol. The molecule has 0 saturated carbocycles. The van der Waals surface area contributed by atoms with E-state index < -0.39 is 17.5 Å². The van der Waals surface area contributed by atoms with Gasteiger partial charge in [-0.2, -0.15) is 0 Å². The number of aromatic nitrogens is 1. The van der Waals surface area contributed by atoms with Gasteiger partial charge in [0, 0.05) is 23.1 Å². The molecule has 0 aliphatic rings. The molecule has 0 aliphatic carbocycles. The molecule has 0 aliphatic heterocycles. The van der Waals surface area contributed by atoms with Crippen molar-refractivity contribution in [3.63, 3.8) is 0 Å². The lowest BCUT2D eigenvalue weighted by Crippen LogP contribution is -2.13. The number of halogens is 2. The molecule has 0 spiro atoms. The molecule has 146 valence electrons. The van der Waals surface area contributed by atoms with Crippen molar-refractivity contribution in [1.82, 2.24) is 4.98 Å². The molecule has 0 unspecified atom stereocenters. The van der Waals surface area contributed by atoms with Crippen LogP contribution in [0, 0.1) is 11.6 Å². The standard InChI is InChI=1S/C19H16F2N2O4S/c1-25-15-8-17(27-3)16(26-2)7-12(15)18(24)23-19-22-14(9-28-19)11-6-10(20)4-5-13(11)21/h4-9H,1-3H3,(H,22,23,24). The average molecular weight is 406 g/mol. The summed E-state index contributed by atoms with van der Waals surface area (Å²) in [5.41, 5.74) is 0.436. The zero-order valence-electron chi connectivity index (χ0n) is 15.2. The number of nitrogens with zero attached hydrogens (tertiary/aromatic N) is 1. The Labute approximate surface area is 163 Å². The summed E-state index contributed by atoms with van der Waals surface area (Å²) < 4.78 is 43.0. The van der Waals surface area contributed by atoms with Crippen LogP contribution in [0.3, 0.4) is 0 Å². The van der Waals surface area contributed by atoms with Crippen LogP contribution in [0.5, 0.6) is 17.2 Å². The molecule has 2 aromatic carbocycles. The SMILES string of the molecule is COc1cc(OC)c(C(=O)Nc2nc(-c3cc(F)ccc3F)cs2)cc1OC. The highest BCUT2D eigenvalue weighted by atomic mass is 32.1. The topological polar surface area (TPSA) is 69.7 Å². The van der Waals surface area contributed by atoms with Crippen LogP contribution in [-0.2, 0) is 0 Å². The van der Waals surface area contributed by atoms with Crippen molar-refractivity contribution < 1.29 is 27.8 Å². The predicted molar refractivity (Wildman–Crippen MR) is 102 cm³/mol. The lowest BCUT2D eigenvalue weighted by atomic mass is 10.1. The lowest BCUT2D eigenvalue weighted by molar-refractivity contribution is 0.102. The number of anilines is 1. The van der Waals surface area contributed by atoms with E-state index in [1.807, 2.05) is 0 Å². The molecule has 0 saturated heterocycles. The molecular weight excluding hydrogens is 390 g/mol. The highest BCUT2D eigenvalue weighted by molar-refractivity contribution is 7.14. The molecule has 9 heteroatoms. The van der Waals surface area contributed by atoms with Crippen molar-refractivity contribution in [2.45, 2.75) is 0 Å². The van der Waals surface area contributed by atoms with Crippen LogP contribution in [0.1, 0.15) is 10.4 Å². The van der Waals surface area contributed by atoms with Gasteiger partial charge in [-0.05, 0) is 18.2 Å². The van der Waals surface area contributed by atoms with Crippen molar-refractivity contribution in [1.29, 1.82) is 0 Å². The Morgan fingerprint density at radius 2 is 1.68 bits per heavy atom. The molecule has 0 bridgehead atoms. The minimum Gasteiger partial charge on any atom is -0.496 e. The first-order valence-electron chi connectivity index (χ1n) is 7.99. The number of amides is 1. The van der Waals surface area contributed by atoms with Crippen molar-refractivity contribution in [3.05, 3.63) is 52.9 Å². The van der Waals surface area contributed by atoms with Crippen LogP contribution in [0.4, 0.5) is 13.9 Å². The third kappa shape index (κ3) is 3.89. The number of nitrogens with one attached hydrogen (secondary N) is 1. The fourth-order valence-electron chi connectivity index (χ4n) is 2.52. The first-order chi connectivity index (χ1) is 13.5. The first-order valence-corrected chi connectivity index (χ1v) is 8.87. The Kier molecular flexibility index (Phi) is 5.74. The second-order valence-corrected chi connectivity index (χ2v) is 6.38. The number of hydrogen-bond acceptors (Lipinski definition) is 6. The summed E-state index contributed by atoms with van der Waals surface area (Å²) in [7, 11) is 4.35. The molecule has 1 heterocycles. The summed E-state index contributed by atoms with van der Waals surface area (Å²) in [5.74, 6) is -0.637. The number of rotatable bonds is 6. The minimum absolute atomic E-state index is 0.0143. The van der Waals surface area contributed by atoms with Crippen LogP contribution in [0.25, 0.3) is 11.3 Å². The maximum atomic E-state index is 13.9. The fraction of sp³-hybridized carbons (Fsp3) is 0.158. The lowest BCUT2D eigenvalue weighted by Gasteiger charge is -2.13. The summed E-state index contributed by atoms with van der Waals surface area (Å²) in [5, 5.41) is 4.37. The van der Waals surface area contributed by atoms with Gasteiger partial charge in [-0.15, -0.1) is 11.3 Å². The predicted octanol–water partition coefficient (Wildman–Crippen LogP) is 4.37. The van der Waals surface area contributed by atoms with Crippen LogP contribution >= 0.6 is 11.3 Å². The van der Waals surface area contributed by atoms with Crippen LogP contribution in [0.15, 0.2) is 35.7 Å². The minimum atomic E-state index is -0.605. The summed E-state index contributed by atoms with van der Waals surface area (Å²) in [4.78, 5) is 16.8. The van der Waals surface area contributed by atoms with Crippen LogP contribution in [-0.4, -0.2) is 32.2 Å². The van der Waals surface area contributed by atoms with Gasteiger partial charge >= 0.3 is 0 Å². The van der Waals surface area contributed by atoms with Crippen molar-refractivity contribution in [3.8, 4) is 28.5 Å². The second kappa shape index (κ2) is 8.22. The largest absolute Gasteiger partial charge is 0.496 e. The molecule has 3 aromatic rings. The molecule has 0 radical (unpaired) electrons. The van der Waals surface area contributed by atoms with E-state index in [2.05, 4.69) is 10.3 Å². The molecule has 6 nitrogen and oxygen atoms in total. The molecule has 1 amide bonds. The number of benzene rings is 2. The van der Waals surface area contributed by atoms with Crippen molar-refractivity contribution >= 4 is 22.4 Å². The Morgan fingerprint density at radius 1 is 1.00 bits per heavy atom. The van der Waals surface area contributed by atoms with Gasteiger partial charge in [0.15, 0.2) is 16.6 Å². The van der Waals surface area contributed by atoms with Gasteiger partial charge in [0.05, 0.1) is 32.6 Å². The number of thiazole rings is 1. The van der Waals surface area contributed by atoms with Gasteiger partial charge in [-0.1, -0.05) is 0 Å². The maximum Gasteiger partial charge on any atom is 0.261 e.